The van der Waals surface area contributed by atoms with Crippen molar-refractivity contribution in [3.8, 4) is 28.4 Å². The predicted octanol–water partition coefficient (Wildman–Crippen LogP) is 21.0. The third-order valence-corrected chi connectivity index (χ3v) is 20.2. The summed E-state index contributed by atoms with van der Waals surface area (Å²) in [5.41, 5.74) is 13.9. The van der Waals surface area contributed by atoms with Gasteiger partial charge in [0.15, 0.2) is 0 Å². The number of anilines is 4. The molecule has 2 aliphatic carbocycles. The van der Waals surface area contributed by atoms with Crippen molar-refractivity contribution in [2.75, 3.05) is 9.80 Å². The van der Waals surface area contributed by atoms with Gasteiger partial charge in [-0.2, -0.15) is 12.1 Å². The Hall–Kier alpha value is -7.20. The van der Waals surface area contributed by atoms with Crippen molar-refractivity contribution < 1.29 is 25.8 Å². The zero-order valence-corrected chi connectivity index (χ0v) is 53.2. The van der Waals surface area contributed by atoms with Crippen molar-refractivity contribution >= 4 is 44.6 Å². The molecule has 3 heterocycles. The van der Waals surface area contributed by atoms with Gasteiger partial charge in [-0.15, -0.1) is 48.1 Å². The van der Waals surface area contributed by atoms with Crippen LogP contribution in [0.4, 0.5) is 22.7 Å². The van der Waals surface area contributed by atoms with Gasteiger partial charge in [0.05, 0.1) is 0 Å². The molecule has 0 bridgehead atoms. The molecule has 0 saturated heterocycles. The summed E-state index contributed by atoms with van der Waals surface area (Å²) in [5, 5.41) is 2.24. The molecule has 0 unspecified atom stereocenters. The zero-order valence-electron chi connectivity index (χ0n) is 50.9. The van der Waals surface area contributed by atoms with E-state index >= 15 is 0 Å². The Morgan fingerprint density at radius 3 is 1.57 bits per heavy atom. The van der Waals surface area contributed by atoms with Gasteiger partial charge in [-0.3, -0.25) is 0 Å². The molecule has 1 aliphatic heterocycles. The van der Waals surface area contributed by atoms with Crippen molar-refractivity contribution in [3.63, 3.8) is 0 Å². The minimum absolute atomic E-state index is 0. The van der Waals surface area contributed by atoms with Crippen LogP contribution in [0.25, 0.3) is 38.8 Å². The number of hydrogen-bond donors (Lipinski definition) is 0. The van der Waals surface area contributed by atoms with Gasteiger partial charge in [-0.1, -0.05) is 216 Å². The number of rotatable bonds is 10. The Balaban J connectivity index is 0.00000694. The summed E-state index contributed by atoms with van der Waals surface area (Å²) in [5.74, 6) is 2.07. The first-order valence-corrected chi connectivity index (χ1v) is 30.3. The van der Waals surface area contributed by atoms with E-state index in [4.69, 9.17) is 9.72 Å². The van der Waals surface area contributed by atoms with E-state index < -0.39 is 10.8 Å². The van der Waals surface area contributed by atoms with E-state index in [0.29, 0.717) is 11.5 Å². The molecule has 0 amide bonds. The fourth-order valence-corrected chi connectivity index (χ4v) is 16.9. The molecule has 0 N–H and O–H groups in total. The van der Waals surface area contributed by atoms with Crippen molar-refractivity contribution in [3.05, 3.63) is 247 Å². The monoisotopic (exact) mass is 1280 g/mol. The molecule has 2 aromatic heterocycles. The molecule has 0 radical (unpaired) electrons. The van der Waals surface area contributed by atoms with Crippen LogP contribution < -0.4 is 14.5 Å². The molecular formula is C78H79N4OPt-3. The molecule has 10 aromatic rings. The van der Waals surface area contributed by atoms with Gasteiger partial charge in [0.25, 0.3) is 0 Å². The minimum atomic E-state index is -0.458. The van der Waals surface area contributed by atoms with Crippen LogP contribution in [0.1, 0.15) is 143 Å². The van der Waals surface area contributed by atoms with Crippen LogP contribution in [0.3, 0.4) is 0 Å². The molecule has 0 spiro atoms. The van der Waals surface area contributed by atoms with E-state index in [2.05, 4.69) is 291 Å². The van der Waals surface area contributed by atoms with Gasteiger partial charge in [0, 0.05) is 72.2 Å². The molecule has 6 heteroatoms. The number of pyridine rings is 1. The second-order valence-electron chi connectivity index (χ2n) is 27.7. The van der Waals surface area contributed by atoms with Gasteiger partial charge in [-0.25, -0.2) is 4.98 Å². The summed E-state index contributed by atoms with van der Waals surface area (Å²) >= 11 is 0. The first kappa shape index (κ1) is 57.2. The number of benzene rings is 8. The topological polar surface area (TPSA) is 33.5 Å². The zero-order chi connectivity index (χ0) is 57.7. The number of nitrogens with zero attached hydrogens (tertiary/aromatic N) is 4. The van der Waals surface area contributed by atoms with Crippen molar-refractivity contribution in [2.45, 2.75) is 131 Å². The maximum Gasteiger partial charge on any atom is 0.135 e. The Bertz CT molecular complexity index is 3920. The minimum Gasteiger partial charge on any atom is -0.509 e. The normalized spacial score (nSPS) is 18.3. The number of fused-ring (bicyclic) bond motifs is 4. The predicted molar refractivity (Wildman–Crippen MR) is 346 cm³/mol. The van der Waals surface area contributed by atoms with Crippen molar-refractivity contribution in [1.82, 2.24) is 9.55 Å². The fourth-order valence-electron chi connectivity index (χ4n) is 16.9. The van der Waals surface area contributed by atoms with Gasteiger partial charge >= 0.3 is 0 Å². The smallest absolute Gasteiger partial charge is 0.135 e. The van der Waals surface area contributed by atoms with E-state index in [1.54, 1.807) is 0 Å². The van der Waals surface area contributed by atoms with E-state index in [0.717, 1.165) is 70.4 Å². The van der Waals surface area contributed by atoms with Crippen LogP contribution in [0.2, 0.25) is 0 Å². The molecule has 2 fully saturated rings. The van der Waals surface area contributed by atoms with E-state index in [1.165, 1.54) is 57.5 Å². The summed E-state index contributed by atoms with van der Waals surface area (Å²) in [6.45, 7) is 29.7. The largest absolute Gasteiger partial charge is 0.509 e. The fraction of sp³-hybridized carbons (Fsp3) is 0.308. The summed E-state index contributed by atoms with van der Waals surface area (Å²) in [7, 11) is 0. The first-order chi connectivity index (χ1) is 39.8. The van der Waals surface area contributed by atoms with Gasteiger partial charge in [0.2, 0.25) is 0 Å². The number of para-hydroxylation sites is 3. The second kappa shape index (κ2) is 21.1. The number of ether oxygens (including phenoxy) is 1. The number of hydrogen-bond acceptors (Lipinski definition) is 4. The molecule has 8 aromatic carbocycles. The Morgan fingerprint density at radius 1 is 0.488 bits per heavy atom. The molecular weight excluding hydrogens is 1200 g/mol. The summed E-state index contributed by atoms with van der Waals surface area (Å²) in [6, 6.07) is 79.7. The molecule has 0 atom stereocenters. The standard InChI is InChI=1S/C78H79N4O.Pt/c1-72(2,3)58-42-47-79-70(50-58)82-66-37-22-21-36-62(66)63-41-40-61(52-69(63)82)83-60-35-25-34-59(51-60)80-53-81(68-39-24-23-38-67(68)80)71-64(77(56-30-17-13-18-31-56)73(4,5)43-26-44-74(77,6)7)48-55(54-28-15-12-16-29-54)49-65(71)78(57-32-19-14-20-33-57)75(8,9)45-27-46-76(78,10)11;/h12-25,28-42,47-50,53H,26-27,43-46H2,1-11H3;/q-3;. The average molecular weight is 1280 g/mol. The first-order valence-electron chi connectivity index (χ1n) is 30.3. The second-order valence-corrected chi connectivity index (χ2v) is 27.7. The SMILES string of the molecule is CC(C)(C)c1ccnc(-n2c3[c-]c(Oc4[c-]c(N5[CH-]N(c6c(C7(c8ccccc8)C(C)(C)CCCC7(C)C)cc(-c7ccccc7)cc6C6(c7ccccc7)C(C)(C)CCCC6(C)C)c6ccccc65)ccc4)ccc3c3ccccc32)c1.[Pt]. The molecule has 5 nitrogen and oxygen atoms in total. The Morgan fingerprint density at radius 2 is 1.00 bits per heavy atom. The van der Waals surface area contributed by atoms with Crippen LogP contribution in [-0.2, 0) is 37.3 Å². The average Bonchev–Trinajstić information content (AvgIpc) is 1.13. The van der Waals surface area contributed by atoms with Crippen LogP contribution >= 0.6 is 0 Å². The number of aromatic nitrogens is 2. The van der Waals surface area contributed by atoms with E-state index in [9.17, 15) is 0 Å². The third kappa shape index (κ3) is 8.91. The van der Waals surface area contributed by atoms with E-state index in [1.807, 2.05) is 18.3 Å². The van der Waals surface area contributed by atoms with Gasteiger partial charge in [0.1, 0.15) is 5.82 Å². The molecule has 2 saturated carbocycles. The van der Waals surface area contributed by atoms with Gasteiger partial charge < -0.3 is 19.1 Å². The Labute approximate surface area is 514 Å². The van der Waals surface area contributed by atoms with Crippen LogP contribution in [0.15, 0.2) is 200 Å². The molecule has 84 heavy (non-hydrogen) atoms. The van der Waals surface area contributed by atoms with Crippen LogP contribution in [0, 0.1) is 40.5 Å². The van der Waals surface area contributed by atoms with E-state index in [-0.39, 0.29) is 48.1 Å². The Kier molecular flexibility index (Phi) is 14.4. The molecule has 13 rings (SSSR count). The van der Waals surface area contributed by atoms with Crippen molar-refractivity contribution in [1.29, 1.82) is 0 Å². The summed E-state index contributed by atoms with van der Waals surface area (Å²) in [6.07, 6.45) is 8.64. The summed E-state index contributed by atoms with van der Waals surface area (Å²) in [4.78, 5) is 9.90. The van der Waals surface area contributed by atoms with Gasteiger partial charge in [-0.05, 0) is 140 Å². The third-order valence-electron chi connectivity index (χ3n) is 20.2. The van der Waals surface area contributed by atoms with Crippen LogP contribution in [0.5, 0.6) is 11.5 Å². The quantitative estimate of drug-likeness (QED) is 0.128. The van der Waals surface area contributed by atoms with Crippen LogP contribution in [-0.4, -0.2) is 9.55 Å². The molecule has 3 aliphatic rings. The summed E-state index contributed by atoms with van der Waals surface area (Å²) < 4.78 is 9.14. The molecule has 430 valence electrons. The van der Waals surface area contributed by atoms with Crippen molar-refractivity contribution in [2.24, 2.45) is 21.7 Å². The maximum atomic E-state index is 6.92. The maximum absolute atomic E-state index is 6.92.